The zero-order valence-electron chi connectivity index (χ0n) is 19.3. The molecule has 0 saturated carbocycles. The third kappa shape index (κ3) is 3.68. The van der Waals surface area contributed by atoms with Crippen LogP contribution in [0.2, 0.25) is 0 Å². The summed E-state index contributed by atoms with van der Waals surface area (Å²) in [6, 6.07) is 22.4. The van der Waals surface area contributed by atoms with E-state index in [1.165, 1.54) is 3.97 Å². The number of aromatic nitrogens is 1. The molecule has 0 radical (unpaired) electrons. The molecule has 0 N–H and O–H groups in total. The molecule has 2 aliphatic rings. The SMILES string of the molecule is Cc1ccc(S(=O)(=O)n2c3c(c4ccccc42)CCN2[C@@H](c4ccc(Br)cc4)CC(=O)C[C@@H]32)cc1. The van der Waals surface area contributed by atoms with E-state index in [2.05, 4.69) is 33.0 Å². The van der Waals surface area contributed by atoms with Crippen LogP contribution in [0.4, 0.5) is 0 Å². The Kier molecular flexibility index (Phi) is 5.47. The molecule has 1 saturated heterocycles. The van der Waals surface area contributed by atoms with Crippen molar-refractivity contribution in [1.82, 2.24) is 8.87 Å². The van der Waals surface area contributed by atoms with Gasteiger partial charge in [0.05, 0.1) is 22.1 Å². The topological polar surface area (TPSA) is 59.4 Å². The summed E-state index contributed by atoms with van der Waals surface area (Å²) in [5.41, 5.74) is 4.55. The lowest BCUT2D eigenvalue weighted by atomic mass is 9.84. The van der Waals surface area contributed by atoms with Crippen molar-refractivity contribution in [1.29, 1.82) is 0 Å². The summed E-state index contributed by atoms with van der Waals surface area (Å²) in [7, 11) is -3.86. The number of hydrogen-bond acceptors (Lipinski definition) is 4. The van der Waals surface area contributed by atoms with Gasteiger partial charge in [-0.25, -0.2) is 12.4 Å². The minimum absolute atomic E-state index is 0.0731. The number of rotatable bonds is 3. The average Bonchev–Trinajstić information content (AvgIpc) is 3.20. The summed E-state index contributed by atoms with van der Waals surface area (Å²) in [5, 5.41) is 0.955. The average molecular weight is 549 g/mol. The second-order valence-electron chi connectivity index (χ2n) is 9.48. The van der Waals surface area contributed by atoms with Crippen LogP contribution in [-0.2, 0) is 21.2 Å². The number of aryl methyl sites for hydroxylation is 1. The van der Waals surface area contributed by atoms with Crippen LogP contribution in [-0.4, -0.2) is 29.6 Å². The summed E-state index contributed by atoms with van der Waals surface area (Å²) in [6.45, 7) is 2.72. The number of piperidine rings is 1. The van der Waals surface area contributed by atoms with Crippen molar-refractivity contribution >= 4 is 42.6 Å². The second-order valence-corrected chi connectivity index (χ2v) is 12.2. The summed E-state index contributed by atoms with van der Waals surface area (Å²) in [4.78, 5) is 15.7. The molecule has 0 unspecified atom stereocenters. The molecule has 178 valence electrons. The number of halogens is 1. The fourth-order valence-electron chi connectivity index (χ4n) is 5.74. The van der Waals surface area contributed by atoms with Crippen LogP contribution in [0.25, 0.3) is 10.9 Å². The van der Waals surface area contributed by atoms with Crippen molar-refractivity contribution in [2.45, 2.75) is 43.2 Å². The van der Waals surface area contributed by atoms with Crippen LogP contribution in [0, 0.1) is 6.92 Å². The van der Waals surface area contributed by atoms with E-state index in [1.807, 2.05) is 55.5 Å². The summed E-state index contributed by atoms with van der Waals surface area (Å²) in [5.74, 6) is 0.163. The van der Waals surface area contributed by atoms with Crippen LogP contribution in [0.1, 0.15) is 47.3 Å². The molecule has 2 atom stereocenters. The van der Waals surface area contributed by atoms with E-state index in [1.54, 1.807) is 12.1 Å². The molecule has 4 aromatic rings. The van der Waals surface area contributed by atoms with E-state index in [0.717, 1.165) is 45.2 Å². The van der Waals surface area contributed by atoms with E-state index in [-0.39, 0.29) is 22.8 Å². The largest absolute Gasteiger partial charge is 0.300 e. The zero-order valence-corrected chi connectivity index (χ0v) is 21.7. The molecule has 0 aliphatic carbocycles. The molecule has 2 aliphatic heterocycles. The molecule has 0 spiro atoms. The van der Waals surface area contributed by atoms with Gasteiger partial charge in [-0.1, -0.05) is 64.0 Å². The molecule has 35 heavy (non-hydrogen) atoms. The van der Waals surface area contributed by atoms with Crippen LogP contribution in [0.15, 0.2) is 82.2 Å². The van der Waals surface area contributed by atoms with E-state index in [0.29, 0.717) is 18.4 Å². The smallest absolute Gasteiger partial charge is 0.268 e. The molecule has 5 nitrogen and oxygen atoms in total. The molecule has 1 aromatic heterocycles. The molecule has 1 fully saturated rings. The number of ketones is 1. The van der Waals surface area contributed by atoms with Gasteiger partial charge in [-0.2, -0.15) is 0 Å². The molecule has 7 heteroatoms. The molecule has 3 aromatic carbocycles. The Morgan fingerprint density at radius 2 is 1.57 bits per heavy atom. The van der Waals surface area contributed by atoms with Crippen molar-refractivity contribution in [2.75, 3.05) is 6.54 Å². The van der Waals surface area contributed by atoms with E-state index in [9.17, 15) is 13.2 Å². The standard InChI is InChI=1S/C28H25BrN2O3S/c1-18-6-12-22(13-7-18)35(33,34)31-25-5-3-2-4-23(25)24-14-15-30-26(19-8-10-20(29)11-9-19)16-21(32)17-27(30)28(24)31/h2-13,26-27H,14-17H2,1H3/t26-,27+/m1/s1. The first-order valence-electron chi connectivity index (χ1n) is 11.8. The Morgan fingerprint density at radius 1 is 0.886 bits per heavy atom. The predicted molar refractivity (Wildman–Crippen MR) is 140 cm³/mol. The van der Waals surface area contributed by atoms with Crippen molar-refractivity contribution in [3.05, 3.63) is 99.7 Å². The van der Waals surface area contributed by atoms with Crippen LogP contribution < -0.4 is 0 Å². The Labute approximate surface area is 213 Å². The van der Waals surface area contributed by atoms with Gasteiger partial charge in [0.25, 0.3) is 10.0 Å². The number of fused-ring (bicyclic) bond motifs is 5. The van der Waals surface area contributed by atoms with E-state index < -0.39 is 10.0 Å². The summed E-state index contributed by atoms with van der Waals surface area (Å²) < 4.78 is 30.7. The summed E-state index contributed by atoms with van der Waals surface area (Å²) >= 11 is 3.50. The number of benzene rings is 3. The Morgan fingerprint density at radius 3 is 2.31 bits per heavy atom. The molecular weight excluding hydrogens is 524 g/mol. The third-order valence-corrected chi connectivity index (χ3v) is 9.64. The Balaban J connectivity index is 1.56. The fourth-order valence-corrected chi connectivity index (χ4v) is 7.60. The Bertz CT molecular complexity index is 1560. The number of Topliss-reactive ketones (excluding diaryl/α,β-unsaturated/α-hetero) is 1. The van der Waals surface area contributed by atoms with Gasteiger partial charge >= 0.3 is 0 Å². The van der Waals surface area contributed by atoms with Crippen LogP contribution >= 0.6 is 15.9 Å². The van der Waals surface area contributed by atoms with Gasteiger partial charge in [0.2, 0.25) is 0 Å². The van der Waals surface area contributed by atoms with Gasteiger partial charge in [-0.15, -0.1) is 0 Å². The third-order valence-electron chi connectivity index (χ3n) is 7.37. The minimum atomic E-state index is -3.86. The van der Waals surface area contributed by atoms with E-state index in [4.69, 9.17) is 0 Å². The number of para-hydroxylation sites is 1. The number of nitrogens with zero attached hydrogens (tertiary/aromatic N) is 2. The second kappa shape index (κ2) is 8.43. The number of carbonyl (C=O) groups is 1. The first-order valence-corrected chi connectivity index (χ1v) is 14.1. The minimum Gasteiger partial charge on any atom is -0.300 e. The zero-order chi connectivity index (χ0) is 24.3. The van der Waals surface area contributed by atoms with Gasteiger partial charge in [-0.3, -0.25) is 9.69 Å². The highest BCUT2D eigenvalue weighted by Crippen LogP contribution is 2.47. The maximum atomic E-state index is 14.1. The lowest BCUT2D eigenvalue weighted by Gasteiger charge is -2.45. The molecule has 3 heterocycles. The van der Waals surface area contributed by atoms with Crippen LogP contribution in [0.3, 0.4) is 0 Å². The van der Waals surface area contributed by atoms with Gasteiger partial charge in [0, 0.05) is 35.3 Å². The molecular formula is C28H25BrN2O3S. The monoisotopic (exact) mass is 548 g/mol. The van der Waals surface area contributed by atoms with E-state index >= 15 is 0 Å². The lowest BCUT2D eigenvalue weighted by Crippen LogP contribution is -2.44. The maximum Gasteiger partial charge on any atom is 0.268 e. The lowest BCUT2D eigenvalue weighted by molar-refractivity contribution is -0.126. The molecule has 0 amide bonds. The van der Waals surface area contributed by atoms with Crippen LogP contribution in [0.5, 0.6) is 0 Å². The van der Waals surface area contributed by atoms with Crippen molar-refractivity contribution in [3.63, 3.8) is 0 Å². The van der Waals surface area contributed by atoms with Gasteiger partial charge in [0.15, 0.2) is 0 Å². The predicted octanol–water partition coefficient (Wildman–Crippen LogP) is 5.95. The van der Waals surface area contributed by atoms with Crippen molar-refractivity contribution < 1.29 is 13.2 Å². The highest BCUT2D eigenvalue weighted by molar-refractivity contribution is 9.10. The quantitative estimate of drug-likeness (QED) is 0.317. The number of carbonyl (C=O) groups excluding carboxylic acids is 1. The fraction of sp³-hybridized carbons (Fsp3) is 0.250. The maximum absolute atomic E-state index is 14.1. The van der Waals surface area contributed by atoms with Gasteiger partial charge in [-0.05, 0) is 54.8 Å². The highest BCUT2D eigenvalue weighted by atomic mass is 79.9. The van der Waals surface area contributed by atoms with Gasteiger partial charge < -0.3 is 0 Å². The first kappa shape index (κ1) is 22.7. The van der Waals surface area contributed by atoms with Crippen molar-refractivity contribution in [3.8, 4) is 0 Å². The highest BCUT2D eigenvalue weighted by Gasteiger charge is 2.43. The normalized spacial score (nSPS) is 20.6. The number of hydrogen-bond donors (Lipinski definition) is 0. The molecule has 6 rings (SSSR count). The van der Waals surface area contributed by atoms with Gasteiger partial charge in [0.1, 0.15) is 5.78 Å². The van der Waals surface area contributed by atoms with Crippen molar-refractivity contribution in [2.24, 2.45) is 0 Å². The summed E-state index contributed by atoms with van der Waals surface area (Å²) in [6.07, 6.45) is 1.50. The first-order chi connectivity index (χ1) is 16.8. The molecule has 0 bridgehead atoms. The Hall–Kier alpha value is -2.74.